The molecule has 0 saturated carbocycles. The zero-order valence-corrected chi connectivity index (χ0v) is 17.5. The zero-order chi connectivity index (χ0) is 21.5. The minimum absolute atomic E-state index is 0.125. The lowest BCUT2D eigenvalue weighted by Gasteiger charge is -2.32. The van der Waals surface area contributed by atoms with Gasteiger partial charge in [0.25, 0.3) is 0 Å². The van der Waals surface area contributed by atoms with Gasteiger partial charge in [-0.2, -0.15) is 0 Å². The average molecular weight is 421 g/mol. The zero-order valence-electron chi connectivity index (χ0n) is 17.5. The predicted octanol–water partition coefficient (Wildman–Crippen LogP) is 3.98. The molecule has 1 aliphatic rings. The van der Waals surface area contributed by atoms with Crippen LogP contribution in [0.4, 0.5) is 4.79 Å². The minimum atomic E-state index is -0.459. The number of aromatic amines is 1. The van der Waals surface area contributed by atoms with E-state index in [0.29, 0.717) is 25.9 Å². The summed E-state index contributed by atoms with van der Waals surface area (Å²) in [6.45, 7) is 2.12. The standard InChI is InChI=1S/C24H28N4O3/c29-22(13-6-14-25-24(30)31-17-18-8-2-1-3-9-18)28-15-7-10-19(16-28)23-26-20-11-4-5-12-21(20)27-23/h1-5,8-9,11-12,19H,6-7,10,13-17H2,(H,25,30)(H,26,27). The summed E-state index contributed by atoms with van der Waals surface area (Å²) in [6, 6.07) is 17.5. The summed E-state index contributed by atoms with van der Waals surface area (Å²) in [5.41, 5.74) is 2.94. The van der Waals surface area contributed by atoms with E-state index in [9.17, 15) is 9.59 Å². The molecular weight excluding hydrogens is 392 g/mol. The van der Waals surface area contributed by atoms with Crippen LogP contribution in [0.15, 0.2) is 54.6 Å². The summed E-state index contributed by atoms with van der Waals surface area (Å²) in [4.78, 5) is 34.5. The second kappa shape index (κ2) is 10.1. The van der Waals surface area contributed by atoms with Gasteiger partial charge in [0.2, 0.25) is 5.91 Å². The van der Waals surface area contributed by atoms with Crippen molar-refractivity contribution in [3.05, 3.63) is 66.0 Å². The Morgan fingerprint density at radius 2 is 1.94 bits per heavy atom. The molecule has 2 aromatic carbocycles. The number of fused-ring (bicyclic) bond motifs is 1. The molecule has 2 amide bonds. The monoisotopic (exact) mass is 420 g/mol. The molecule has 162 valence electrons. The summed E-state index contributed by atoms with van der Waals surface area (Å²) in [5.74, 6) is 1.32. The first kappa shape index (κ1) is 20.9. The van der Waals surface area contributed by atoms with Gasteiger partial charge in [-0.1, -0.05) is 42.5 Å². The molecule has 0 bridgehead atoms. The molecule has 0 spiro atoms. The summed E-state index contributed by atoms with van der Waals surface area (Å²) in [6.07, 6.45) is 2.53. The van der Waals surface area contributed by atoms with Gasteiger partial charge in [-0.05, 0) is 37.0 Å². The fourth-order valence-electron chi connectivity index (χ4n) is 3.96. The van der Waals surface area contributed by atoms with Gasteiger partial charge in [-0.25, -0.2) is 9.78 Å². The predicted molar refractivity (Wildman–Crippen MR) is 119 cm³/mol. The number of alkyl carbamates (subject to hydrolysis) is 1. The number of imidazole rings is 1. The molecular formula is C24H28N4O3. The Bertz CT molecular complexity index is 985. The lowest BCUT2D eigenvalue weighted by molar-refractivity contribution is -0.132. The van der Waals surface area contributed by atoms with Gasteiger partial charge in [0.05, 0.1) is 11.0 Å². The molecule has 2 N–H and O–H groups in total. The van der Waals surface area contributed by atoms with Crippen molar-refractivity contribution in [1.82, 2.24) is 20.2 Å². The molecule has 7 heteroatoms. The molecule has 1 aliphatic heterocycles. The number of carbonyl (C=O) groups is 2. The van der Waals surface area contributed by atoms with Gasteiger partial charge < -0.3 is 19.9 Å². The number of amides is 2. The highest BCUT2D eigenvalue weighted by Crippen LogP contribution is 2.27. The maximum atomic E-state index is 12.7. The Morgan fingerprint density at radius 1 is 1.13 bits per heavy atom. The van der Waals surface area contributed by atoms with E-state index >= 15 is 0 Å². The van der Waals surface area contributed by atoms with Crippen molar-refractivity contribution < 1.29 is 14.3 Å². The van der Waals surface area contributed by atoms with Gasteiger partial charge >= 0.3 is 6.09 Å². The van der Waals surface area contributed by atoms with Crippen LogP contribution >= 0.6 is 0 Å². The maximum absolute atomic E-state index is 12.7. The van der Waals surface area contributed by atoms with Crippen LogP contribution in [0.25, 0.3) is 11.0 Å². The third kappa shape index (κ3) is 5.63. The molecule has 31 heavy (non-hydrogen) atoms. The van der Waals surface area contributed by atoms with Gasteiger partial charge in [-0.3, -0.25) is 4.79 Å². The summed E-state index contributed by atoms with van der Waals surface area (Å²) in [7, 11) is 0. The fraction of sp³-hybridized carbons (Fsp3) is 0.375. The van der Waals surface area contributed by atoms with E-state index in [1.165, 1.54) is 0 Å². The third-order valence-corrected chi connectivity index (χ3v) is 5.62. The number of hydrogen-bond donors (Lipinski definition) is 2. The van der Waals surface area contributed by atoms with Crippen molar-refractivity contribution >= 4 is 23.0 Å². The topological polar surface area (TPSA) is 87.3 Å². The summed E-state index contributed by atoms with van der Waals surface area (Å²) in [5, 5.41) is 2.71. The van der Waals surface area contributed by atoms with E-state index in [1.807, 2.05) is 59.5 Å². The number of nitrogens with one attached hydrogen (secondary N) is 2. The number of nitrogens with zero attached hydrogens (tertiary/aromatic N) is 2. The Labute approximate surface area is 181 Å². The minimum Gasteiger partial charge on any atom is -0.445 e. The number of rotatable bonds is 7. The first-order valence-corrected chi connectivity index (χ1v) is 10.9. The van der Waals surface area contributed by atoms with E-state index in [2.05, 4.69) is 10.3 Å². The number of H-pyrrole nitrogens is 1. The summed E-state index contributed by atoms with van der Waals surface area (Å²) < 4.78 is 5.18. The van der Waals surface area contributed by atoms with Crippen LogP contribution in [0, 0.1) is 0 Å². The number of ether oxygens (including phenoxy) is 1. The molecule has 1 atom stereocenters. The molecule has 1 saturated heterocycles. The molecule has 1 fully saturated rings. The number of hydrogen-bond acceptors (Lipinski definition) is 4. The summed E-state index contributed by atoms with van der Waals surface area (Å²) >= 11 is 0. The highest BCUT2D eigenvalue weighted by atomic mass is 16.5. The van der Waals surface area contributed by atoms with E-state index in [0.717, 1.165) is 41.8 Å². The number of para-hydroxylation sites is 2. The van der Waals surface area contributed by atoms with Crippen LogP contribution in [-0.4, -0.2) is 46.5 Å². The average Bonchev–Trinajstić information content (AvgIpc) is 3.25. The van der Waals surface area contributed by atoms with Crippen LogP contribution in [0.2, 0.25) is 0 Å². The number of benzene rings is 2. The Morgan fingerprint density at radius 3 is 2.77 bits per heavy atom. The number of piperidine rings is 1. The maximum Gasteiger partial charge on any atom is 0.407 e. The van der Waals surface area contributed by atoms with E-state index in [-0.39, 0.29) is 18.4 Å². The molecule has 3 aromatic rings. The Kier molecular flexibility index (Phi) is 6.82. The van der Waals surface area contributed by atoms with Crippen LogP contribution in [0.5, 0.6) is 0 Å². The SMILES string of the molecule is O=C(NCCCC(=O)N1CCCC(c2nc3ccccc3[nH]2)C1)OCc1ccccc1. The molecule has 1 unspecified atom stereocenters. The van der Waals surface area contributed by atoms with Crippen LogP contribution in [-0.2, 0) is 16.1 Å². The van der Waals surface area contributed by atoms with Crippen molar-refractivity contribution in [3.63, 3.8) is 0 Å². The van der Waals surface area contributed by atoms with Gasteiger partial charge in [0.15, 0.2) is 0 Å². The van der Waals surface area contributed by atoms with E-state index < -0.39 is 6.09 Å². The van der Waals surface area contributed by atoms with Crippen molar-refractivity contribution in [2.75, 3.05) is 19.6 Å². The second-order valence-electron chi connectivity index (χ2n) is 7.91. The van der Waals surface area contributed by atoms with Crippen LogP contribution in [0.3, 0.4) is 0 Å². The van der Waals surface area contributed by atoms with E-state index in [1.54, 1.807) is 0 Å². The van der Waals surface area contributed by atoms with Gasteiger partial charge in [0, 0.05) is 32.0 Å². The quantitative estimate of drug-likeness (QED) is 0.566. The molecule has 7 nitrogen and oxygen atoms in total. The molecule has 2 heterocycles. The van der Waals surface area contributed by atoms with Crippen molar-refractivity contribution in [1.29, 1.82) is 0 Å². The number of aromatic nitrogens is 2. The van der Waals surface area contributed by atoms with Crippen molar-refractivity contribution in [2.24, 2.45) is 0 Å². The van der Waals surface area contributed by atoms with E-state index in [4.69, 9.17) is 9.72 Å². The number of carbonyl (C=O) groups excluding carboxylic acids is 2. The molecule has 1 aromatic heterocycles. The first-order valence-electron chi connectivity index (χ1n) is 10.9. The van der Waals surface area contributed by atoms with Gasteiger partial charge in [0.1, 0.15) is 12.4 Å². The Balaban J connectivity index is 1.18. The highest BCUT2D eigenvalue weighted by molar-refractivity contribution is 5.77. The highest BCUT2D eigenvalue weighted by Gasteiger charge is 2.26. The lowest BCUT2D eigenvalue weighted by atomic mass is 9.97. The van der Waals surface area contributed by atoms with Crippen LogP contribution < -0.4 is 5.32 Å². The lowest BCUT2D eigenvalue weighted by Crippen LogP contribution is -2.39. The normalized spacial score (nSPS) is 16.3. The molecule has 0 aliphatic carbocycles. The molecule has 0 radical (unpaired) electrons. The van der Waals surface area contributed by atoms with Crippen molar-refractivity contribution in [3.8, 4) is 0 Å². The largest absolute Gasteiger partial charge is 0.445 e. The fourth-order valence-corrected chi connectivity index (χ4v) is 3.96. The smallest absolute Gasteiger partial charge is 0.407 e. The second-order valence-corrected chi connectivity index (χ2v) is 7.91. The molecule has 4 rings (SSSR count). The third-order valence-electron chi connectivity index (χ3n) is 5.62. The Hall–Kier alpha value is -3.35. The van der Waals surface area contributed by atoms with Crippen molar-refractivity contribution in [2.45, 2.75) is 38.2 Å². The van der Waals surface area contributed by atoms with Gasteiger partial charge in [-0.15, -0.1) is 0 Å². The van der Waals surface area contributed by atoms with Crippen LogP contribution in [0.1, 0.15) is 43.0 Å². The first-order chi connectivity index (χ1) is 15.2. The number of likely N-dealkylation sites (tertiary alicyclic amines) is 1.